The molecule has 1 aliphatic rings. The summed E-state index contributed by atoms with van der Waals surface area (Å²) < 4.78 is 0. The predicted octanol–water partition coefficient (Wildman–Crippen LogP) is 3.06. The number of aliphatic hydroxyl groups excluding tert-OH is 2. The van der Waals surface area contributed by atoms with Gasteiger partial charge in [-0.15, -0.1) is 0 Å². The van der Waals surface area contributed by atoms with Crippen LogP contribution in [-0.4, -0.2) is 23.4 Å². The van der Waals surface area contributed by atoms with Crippen molar-refractivity contribution >= 4 is 0 Å². The van der Waals surface area contributed by atoms with Gasteiger partial charge in [0.1, 0.15) is 0 Å². The van der Waals surface area contributed by atoms with Gasteiger partial charge in [-0.1, -0.05) is 50.2 Å². The van der Waals surface area contributed by atoms with Crippen LogP contribution in [0.3, 0.4) is 0 Å². The molecule has 1 aliphatic carbocycles. The van der Waals surface area contributed by atoms with Crippen LogP contribution < -0.4 is 0 Å². The molecule has 0 aromatic heterocycles. The molecule has 2 aromatic rings. The molecule has 3 rings (SSSR count). The van der Waals surface area contributed by atoms with Crippen molar-refractivity contribution in [2.45, 2.75) is 32.1 Å². The van der Waals surface area contributed by atoms with E-state index >= 15 is 0 Å². The minimum absolute atomic E-state index is 0.0262. The highest BCUT2D eigenvalue weighted by Gasteiger charge is 2.35. The van der Waals surface area contributed by atoms with Crippen molar-refractivity contribution in [3.05, 3.63) is 58.7 Å². The van der Waals surface area contributed by atoms with Gasteiger partial charge in [-0.05, 0) is 46.2 Å². The Balaban J connectivity index is 2.12. The van der Waals surface area contributed by atoms with E-state index in [-0.39, 0.29) is 18.6 Å². The molecule has 2 heteroatoms. The Morgan fingerprint density at radius 1 is 0.762 bits per heavy atom. The van der Waals surface area contributed by atoms with Crippen LogP contribution in [0.4, 0.5) is 0 Å². The number of benzene rings is 2. The zero-order valence-electron chi connectivity index (χ0n) is 12.7. The molecule has 0 saturated carbocycles. The lowest BCUT2D eigenvalue weighted by molar-refractivity contribution is 0.299. The van der Waals surface area contributed by atoms with Crippen LogP contribution in [0.15, 0.2) is 36.4 Å². The van der Waals surface area contributed by atoms with Crippen LogP contribution in [0.1, 0.15) is 36.1 Å². The molecule has 0 saturated heterocycles. The summed E-state index contributed by atoms with van der Waals surface area (Å²) in [6.07, 6.45) is 1.41. The van der Waals surface area contributed by atoms with Gasteiger partial charge in [-0.2, -0.15) is 0 Å². The van der Waals surface area contributed by atoms with Gasteiger partial charge in [-0.25, -0.2) is 0 Å². The third-order valence-electron chi connectivity index (χ3n) is 4.61. The molecule has 0 spiro atoms. The van der Waals surface area contributed by atoms with Crippen LogP contribution in [0.2, 0.25) is 0 Å². The Morgan fingerprint density at radius 3 is 1.57 bits per heavy atom. The highest BCUT2D eigenvalue weighted by molar-refractivity contribution is 5.81. The molecule has 2 aromatic carbocycles. The molecular formula is C19H22O2. The zero-order chi connectivity index (χ0) is 15.0. The quantitative estimate of drug-likeness (QED) is 0.905. The van der Waals surface area contributed by atoms with Crippen molar-refractivity contribution < 1.29 is 10.2 Å². The molecule has 0 aliphatic heterocycles. The Hall–Kier alpha value is -1.64. The second-order valence-electron chi connectivity index (χ2n) is 6.33. The normalized spacial score (nSPS) is 14.9. The first-order valence-corrected chi connectivity index (χ1v) is 7.57. The summed E-state index contributed by atoms with van der Waals surface area (Å²) in [5.74, 6) is 0. The van der Waals surface area contributed by atoms with Crippen molar-refractivity contribution in [1.82, 2.24) is 0 Å². The van der Waals surface area contributed by atoms with Gasteiger partial charge in [0.05, 0.1) is 0 Å². The van der Waals surface area contributed by atoms with E-state index in [2.05, 4.69) is 50.2 Å². The number of fused-ring (bicyclic) bond motifs is 3. The van der Waals surface area contributed by atoms with Gasteiger partial charge in [0.2, 0.25) is 0 Å². The standard InChI is InChI=1S/C19H22O2/c1-19(2)17-11-13(7-9-20)3-5-15(17)16-6-4-14(8-10-21)12-18(16)19/h3-6,11-12,20-21H,7-10H2,1-2H3. The van der Waals surface area contributed by atoms with Crippen molar-refractivity contribution in [3.63, 3.8) is 0 Å². The molecule has 0 atom stereocenters. The minimum Gasteiger partial charge on any atom is -0.396 e. The van der Waals surface area contributed by atoms with Gasteiger partial charge in [0.15, 0.2) is 0 Å². The maximum atomic E-state index is 9.14. The number of aliphatic hydroxyl groups is 2. The van der Waals surface area contributed by atoms with Gasteiger partial charge >= 0.3 is 0 Å². The maximum absolute atomic E-state index is 9.14. The maximum Gasteiger partial charge on any atom is 0.0471 e. The average Bonchev–Trinajstić information content (AvgIpc) is 2.68. The lowest BCUT2D eigenvalue weighted by atomic mass is 9.81. The molecule has 0 radical (unpaired) electrons. The molecule has 0 unspecified atom stereocenters. The fourth-order valence-corrected chi connectivity index (χ4v) is 3.40. The molecule has 2 N–H and O–H groups in total. The Labute approximate surface area is 126 Å². The first-order chi connectivity index (χ1) is 10.1. The van der Waals surface area contributed by atoms with E-state index in [1.165, 1.54) is 33.4 Å². The molecule has 0 fully saturated rings. The molecule has 0 amide bonds. The first kappa shape index (κ1) is 14.3. The molecule has 0 bridgehead atoms. The van der Waals surface area contributed by atoms with Crippen molar-refractivity contribution in [2.24, 2.45) is 0 Å². The third-order valence-corrected chi connectivity index (χ3v) is 4.61. The van der Waals surface area contributed by atoms with Gasteiger partial charge in [-0.3, -0.25) is 0 Å². The van der Waals surface area contributed by atoms with Crippen molar-refractivity contribution in [3.8, 4) is 11.1 Å². The lowest BCUT2D eigenvalue weighted by Crippen LogP contribution is -2.15. The Morgan fingerprint density at radius 2 is 1.19 bits per heavy atom. The first-order valence-electron chi connectivity index (χ1n) is 7.57. The molecule has 110 valence electrons. The monoisotopic (exact) mass is 282 g/mol. The van der Waals surface area contributed by atoms with Crippen LogP contribution in [0.25, 0.3) is 11.1 Å². The summed E-state index contributed by atoms with van der Waals surface area (Å²) in [6.45, 7) is 4.88. The van der Waals surface area contributed by atoms with E-state index in [1.54, 1.807) is 0 Å². The zero-order valence-corrected chi connectivity index (χ0v) is 12.7. The van der Waals surface area contributed by atoms with Crippen LogP contribution in [-0.2, 0) is 18.3 Å². The summed E-state index contributed by atoms with van der Waals surface area (Å²) in [7, 11) is 0. The smallest absolute Gasteiger partial charge is 0.0471 e. The highest BCUT2D eigenvalue weighted by atomic mass is 16.3. The van der Waals surface area contributed by atoms with E-state index in [0.29, 0.717) is 12.8 Å². The van der Waals surface area contributed by atoms with E-state index < -0.39 is 0 Å². The SMILES string of the molecule is CC1(C)c2cc(CCO)ccc2-c2ccc(CCO)cc21. The Bertz CT molecular complexity index is 614. The predicted molar refractivity (Wildman–Crippen MR) is 85.6 cm³/mol. The summed E-state index contributed by atoms with van der Waals surface area (Å²) in [5.41, 5.74) is 7.62. The van der Waals surface area contributed by atoms with Crippen LogP contribution in [0, 0.1) is 0 Å². The molecule has 21 heavy (non-hydrogen) atoms. The second-order valence-corrected chi connectivity index (χ2v) is 6.33. The van der Waals surface area contributed by atoms with Gasteiger partial charge in [0.25, 0.3) is 0 Å². The topological polar surface area (TPSA) is 40.5 Å². The number of hydrogen-bond donors (Lipinski definition) is 2. The van der Waals surface area contributed by atoms with Crippen molar-refractivity contribution in [2.75, 3.05) is 13.2 Å². The average molecular weight is 282 g/mol. The second kappa shape index (κ2) is 5.28. The fourth-order valence-electron chi connectivity index (χ4n) is 3.40. The third kappa shape index (κ3) is 2.29. The molecule has 2 nitrogen and oxygen atoms in total. The molecule has 0 heterocycles. The van der Waals surface area contributed by atoms with E-state index in [1.807, 2.05) is 0 Å². The van der Waals surface area contributed by atoms with Crippen molar-refractivity contribution in [1.29, 1.82) is 0 Å². The minimum atomic E-state index is -0.0262. The van der Waals surface area contributed by atoms with Crippen LogP contribution >= 0.6 is 0 Å². The lowest BCUT2D eigenvalue weighted by Gasteiger charge is -2.22. The number of hydrogen-bond acceptors (Lipinski definition) is 2. The molecular weight excluding hydrogens is 260 g/mol. The highest BCUT2D eigenvalue weighted by Crippen LogP contribution is 2.49. The van der Waals surface area contributed by atoms with E-state index in [4.69, 9.17) is 10.2 Å². The summed E-state index contributed by atoms with van der Waals surface area (Å²) in [5, 5.41) is 18.3. The largest absolute Gasteiger partial charge is 0.396 e. The van der Waals surface area contributed by atoms with Crippen LogP contribution in [0.5, 0.6) is 0 Å². The summed E-state index contributed by atoms with van der Waals surface area (Å²) in [4.78, 5) is 0. The number of rotatable bonds is 4. The Kier molecular flexibility index (Phi) is 3.60. The van der Waals surface area contributed by atoms with Gasteiger partial charge < -0.3 is 10.2 Å². The van der Waals surface area contributed by atoms with E-state index in [0.717, 1.165) is 0 Å². The summed E-state index contributed by atoms with van der Waals surface area (Å²) in [6, 6.07) is 13.1. The summed E-state index contributed by atoms with van der Waals surface area (Å²) >= 11 is 0. The van der Waals surface area contributed by atoms with E-state index in [9.17, 15) is 0 Å². The fraction of sp³-hybridized carbons (Fsp3) is 0.368. The van der Waals surface area contributed by atoms with Gasteiger partial charge in [0, 0.05) is 18.6 Å².